The molecule has 1 rings (SSSR count). The van der Waals surface area contributed by atoms with E-state index in [1.54, 1.807) is 13.2 Å². The van der Waals surface area contributed by atoms with Crippen molar-refractivity contribution >= 4 is 11.7 Å². The largest absolute Gasteiger partial charge is 0.462 e. The highest BCUT2D eigenvalue weighted by atomic mass is 16.5. The van der Waals surface area contributed by atoms with Gasteiger partial charge in [-0.3, -0.25) is 0 Å². The fourth-order valence-electron chi connectivity index (χ4n) is 1.41. The van der Waals surface area contributed by atoms with Gasteiger partial charge in [0.05, 0.1) is 12.2 Å². The summed E-state index contributed by atoms with van der Waals surface area (Å²) < 4.78 is 9.95. The SMILES string of the molecule is COCCCOC(=O)c1c(C)cccc1N. The van der Waals surface area contributed by atoms with E-state index < -0.39 is 0 Å². The Kier molecular flexibility index (Phi) is 4.79. The molecule has 2 N–H and O–H groups in total. The van der Waals surface area contributed by atoms with Crippen molar-refractivity contribution in [3.63, 3.8) is 0 Å². The van der Waals surface area contributed by atoms with Crippen molar-refractivity contribution in [2.75, 3.05) is 26.1 Å². The van der Waals surface area contributed by atoms with Crippen LogP contribution >= 0.6 is 0 Å². The van der Waals surface area contributed by atoms with Gasteiger partial charge in [-0.25, -0.2) is 4.79 Å². The standard InChI is InChI=1S/C12H17NO3/c1-9-5-3-6-10(13)11(9)12(14)16-8-4-7-15-2/h3,5-6H,4,7-8,13H2,1-2H3. The molecule has 0 saturated carbocycles. The molecule has 0 aliphatic carbocycles. The zero-order chi connectivity index (χ0) is 12.0. The van der Waals surface area contributed by atoms with Crippen LogP contribution in [0.2, 0.25) is 0 Å². The highest BCUT2D eigenvalue weighted by molar-refractivity contribution is 5.96. The van der Waals surface area contributed by atoms with Crippen molar-refractivity contribution in [2.45, 2.75) is 13.3 Å². The molecular weight excluding hydrogens is 206 g/mol. The molecule has 16 heavy (non-hydrogen) atoms. The van der Waals surface area contributed by atoms with Gasteiger partial charge in [-0.2, -0.15) is 0 Å². The summed E-state index contributed by atoms with van der Waals surface area (Å²) in [5.41, 5.74) is 7.47. The van der Waals surface area contributed by atoms with Crippen molar-refractivity contribution in [2.24, 2.45) is 0 Å². The van der Waals surface area contributed by atoms with Gasteiger partial charge >= 0.3 is 5.97 Å². The lowest BCUT2D eigenvalue weighted by molar-refractivity contribution is 0.0469. The number of nitrogen functional groups attached to an aromatic ring is 1. The van der Waals surface area contributed by atoms with Crippen molar-refractivity contribution in [3.05, 3.63) is 29.3 Å². The Morgan fingerprint density at radius 3 is 2.75 bits per heavy atom. The molecule has 0 aliphatic rings. The monoisotopic (exact) mass is 223 g/mol. The van der Waals surface area contributed by atoms with E-state index in [1.807, 2.05) is 19.1 Å². The third-order valence-electron chi connectivity index (χ3n) is 2.24. The minimum Gasteiger partial charge on any atom is -0.462 e. The van der Waals surface area contributed by atoms with Gasteiger partial charge in [0.25, 0.3) is 0 Å². The molecular formula is C12H17NO3. The Morgan fingerprint density at radius 2 is 2.12 bits per heavy atom. The zero-order valence-electron chi connectivity index (χ0n) is 9.66. The third kappa shape index (κ3) is 3.24. The maximum Gasteiger partial charge on any atom is 0.340 e. The summed E-state index contributed by atoms with van der Waals surface area (Å²) in [7, 11) is 1.61. The number of rotatable bonds is 5. The van der Waals surface area contributed by atoms with Crippen molar-refractivity contribution in [1.82, 2.24) is 0 Å². The summed E-state index contributed by atoms with van der Waals surface area (Å²) in [4.78, 5) is 11.7. The average molecular weight is 223 g/mol. The van der Waals surface area contributed by atoms with E-state index in [0.717, 1.165) is 5.56 Å². The molecule has 0 radical (unpaired) electrons. The second-order valence-electron chi connectivity index (χ2n) is 3.52. The number of carbonyl (C=O) groups is 1. The summed E-state index contributed by atoms with van der Waals surface area (Å²) in [5, 5.41) is 0. The van der Waals surface area contributed by atoms with Gasteiger partial charge in [0.1, 0.15) is 0 Å². The number of methoxy groups -OCH3 is 1. The van der Waals surface area contributed by atoms with Crippen LogP contribution in [0, 0.1) is 6.92 Å². The number of carbonyl (C=O) groups excluding carboxylic acids is 1. The number of anilines is 1. The molecule has 4 nitrogen and oxygen atoms in total. The first-order valence-corrected chi connectivity index (χ1v) is 5.18. The zero-order valence-corrected chi connectivity index (χ0v) is 9.66. The second kappa shape index (κ2) is 6.12. The van der Waals surface area contributed by atoms with Crippen LogP contribution in [0.4, 0.5) is 5.69 Å². The van der Waals surface area contributed by atoms with Crippen LogP contribution in [0.5, 0.6) is 0 Å². The van der Waals surface area contributed by atoms with Crippen molar-refractivity contribution in [1.29, 1.82) is 0 Å². The van der Waals surface area contributed by atoms with E-state index in [9.17, 15) is 4.79 Å². The lowest BCUT2D eigenvalue weighted by Gasteiger charge is -2.09. The lowest BCUT2D eigenvalue weighted by Crippen LogP contribution is -2.11. The molecule has 0 atom stereocenters. The number of hydrogen-bond donors (Lipinski definition) is 1. The molecule has 1 aromatic carbocycles. The third-order valence-corrected chi connectivity index (χ3v) is 2.24. The molecule has 1 aromatic rings. The Morgan fingerprint density at radius 1 is 1.38 bits per heavy atom. The molecule has 0 fully saturated rings. The van der Waals surface area contributed by atoms with Crippen molar-refractivity contribution < 1.29 is 14.3 Å². The molecule has 4 heteroatoms. The predicted molar refractivity (Wildman–Crippen MR) is 62.4 cm³/mol. The fourth-order valence-corrected chi connectivity index (χ4v) is 1.41. The van der Waals surface area contributed by atoms with Crippen LogP contribution in [0.15, 0.2) is 18.2 Å². The Labute approximate surface area is 95.3 Å². The van der Waals surface area contributed by atoms with E-state index in [1.165, 1.54) is 0 Å². The minimum atomic E-state index is -0.369. The van der Waals surface area contributed by atoms with Gasteiger partial charge in [-0.1, -0.05) is 12.1 Å². The second-order valence-corrected chi connectivity index (χ2v) is 3.52. The quantitative estimate of drug-likeness (QED) is 0.469. The van der Waals surface area contributed by atoms with Crippen LogP contribution in [0.25, 0.3) is 0 Å². The summed E-state index contributed by atoms with van der Waals surface area (Å²) >= 11 is 0. The Hall–Kier alpha value is -1.55. The maximum absolute atomic E-state index is 11.7. The van der Waals surface area contributed by atoms with E-state index in [4.69, 9.17) is 15.2 Å². The van der Waals surface area contributed by atoms with Gasteiger partial charge in [-0.15, -0.1) is 0 Å². The highest BCUT2D eigenvalue weighted by Gasteiger charge is 2.13. The fraction of sp³-hybridized carbons (Fsp3) is 0.417. The van der Waals surface area contributed by atoms with Gasteiger partial charge in [0.2, 0.25) is 0 Å². The normalized spacial score (nSPS) is 10.1. The molecule has 0 bridgehead atoms. The lowest BCUT2D eigenvalue weighted by atomic mass is 10.1. The van der Waals surface area contributed by atoms with Crippen LogP contribution in [0.1, 0.15) is 22.3 Å². The highest BCUT2D eigenvalue weighted by Crippen LogP contribution is 2.17. The number of aryl methyl sites for hydroxylation is 1. The van der Waals surface area contributed by atoms with E-state index in [-0.39, 0.29) is 5.97 Å². The number of esters is 1. The van der Waals surface area contributed by atoms with Gasteiger partial charge in [0, 0.05) is 25.8 Å². The van der Waals surface area contributed by atoms with Crippen LogP contribution < -0.4 is 5.73 Å². The number of ether oxygens (including phenoxy) is 2. The molecule has 0 spiro atoms. The number of benzene rings is 1. The number of hydrogen-bond acceptors (Lipinski definition) is 4. The molecule has 0 aromatic heterocycles. The molecule has 88 valence electrons. The summed E-state index contributed by atoms with van der Waals surface area (Å²) in [6.45, 7) is 2.76. The molecule has 0 heterocycles. The van der Waals surface area contributed by atoms with Gasteiger partial charge in [-0.05, 0) is 18.6 Å². The average Bonchev–Trinajstić information content (AvgIpc) is 2.24. The van der Waals surface area contributed by atoms with Crippen molar-refractivity contribution in [3.8, 4) is 0 Å². The smallest absolute Gasteiger partial charge is 0.340 e. The van der Waals surface area contributed by atoms with Gasteiger partial charge in [0.15, 0.2) is 0 Å². The summed E-state index contributed by atoms with van der Waals surface area (Å²) in [6.07, 6.45) is 0.689. The topological polar surface area (TPSA) is 61.5 Å². The summed E-state index contributed by atoms with van der Waals surface area (Å²) in [6, 6.07) is 5.34. The minimum absolute atomic E-state index is 0.348. The first-order valence-electron chi connectivity index (χ1n) is 5.18. The van der Waals surface area contributed by atoms with E-state index in [2.05, 4.69) is 0 Å². The first kappa shape index (κ1) is 12.5. The molecule has 0 aliphatic heterocycles. The van der Waals surface area contributed by atoms with E-state index >= 15 is 0 Å². The Balaban J connectivity index is 2.59. The van der Waals surface area contributed by atoms with Gasteiger partial charge < -0.3 is 15.2 Å². The summed E-state index contributed by atoms with van der Waals surface area (Å²) in [5.74, 6) is -0.369. The number of nitrogens with two attached hydrogens (primary N) is 1. The van der Waals surface area contributed by atoms with Crippen LogP contribution in [-0.4, -0.2) is 26.3 Å². The van der Waals surface area contributed by atoms with Crippen LogP contribution in [0.3, 0.4) is 0 Å². The van der Waals surface area contributed by atoms with E-state index in [0.29, 0.717) is 30.9 Å². The molecule has 0 saturated heterocycles. The van der Waals surface area contributed by atoms with Crippen LogP contribution in [-0.2, 0) is 9.47 Å². The molecule has 0 amide bonds. The predicted octanol–water partition coefficient (Wildman–Crippen LogP) is 1.77. The maximum atomic E-state index is 11.7. The first-order chi connectivity index (χ1) is 7.66. The molecule has 0 unspecified atom stereocenters. The Bertz CT molecular complexity index is 343.